The van der Waals surface area contributed by atoms with Crippen LogP contribution in [0.25, 0.3) is 0 Å². The minimum atomic E-state index is -3.89. The molecule has 29 heavy (non-hydrogen) atoms. The van der Waals surface area contributed by atoms with Crippen molar-refractivity contribution in [3.8, 4) is 0 Å². The predicted molar refractivity (Wildman–Crippen MR) is 105 cm³/mol. The van der Waals surface area contributed by atoms with Gasteiger partial charge >= 0.3 is 0 Å². The first kappa shape index (κ1) is 22.6. The van der Waals surface area contributed by atoms with Crippen LogP contribution >= 0.6 is 0 Å². The number of hydrogen-bond donors (Lipinski definition) is 0. The summed E-state index contributed by atoms with van der Waals surface area (Å²) in [5.74, 6) is -0.980. The average Bonchev–Trinajstić information content (AvgIpc) is 2.56. The molecule has 1 aromatic rings. The number of likely N-dealkylation sites (tertiary alicyclic amines) is 1. The fourth-order valence-electron chi connectivity index (χ4n) is 3.73. The molecule has 0 saturated carbocycles. The van der Waals surface area contributed by atoms with E-state index >= 15 is 0 Å². The first-order chi connectivity index (χ1) is 13.3. The quantitative estimate of drug-likeness (QED) is 0.580. The van der Waals surface area contributed by atoms with Gasteiger partial charge in [-0.15, -0.1) is 0 Å². The number of benzene rings is 1. The largest absolute Gasteiger partial charge is 0.349 e. The second-order valence-corrected chi connectivity index (χ2v) is 11.1. The van der Waals surface area contributed by atoms with Crippen molar-refractivity contribution < 1.29 is 34.7 Å². The average molecular weight is 450 g/mol. The van der Waals surface area contributed by atoms with Crippen LogP contribution < -0.4 is 0 Å². The highest BCUT2D eigenvalue weighted by Crippen LogP contribution is 2.35. The highest BCUT2D eigenvalue weighted by Gasteiger charge is 2.52. The van der Waals surface area contributed by atoms with Gasteiger partial charge in [-0.05, 0) is 19.4 Å². The van der Waals surface area contributed by atoms with Crippen LogP contribution in [0.1, 0.15) is 19.4 Å². The minimum absolute atomic E-state index is 0.135. The lowest BCUT2D eigenvalue weighted by Crippen LogP contribution is -2.68. The molecule has 4 atom stereocenters. The van der Waals surface area contributed by atoms with E-state index in [-0.39, 0.29) is 19.2 Å². The maximum absolute atomic E-state index is 11.9. The molecule has 3 rings (SSSR count). The molecule has 2 aliphatic rings. The molecule has 2 saturated heterocycles. The Balaban J connectivity index is 1.96. The van der Waals surface area contributed by atoms with Gasteiger partial charge in [-0.2, -0.15) is 16.8 Å². The topological polar surface area (TPSA) is 108 Å². The van der Waals surface area contributed by atoms with Crippen LogP contribution in [0.5, 0.6) is 0 Å². The lowest BCUT2D eigenvalue weighted by atomic mass is 9.92. The van der Waals surface area contributed by atoms with Crippen LogP contribution in [0.4, 0.5) is 0 Å². The van der Waals surface area contributed by atoms with Gasteiger partial charge in [0.1, 0.15) is 18.3 Å². The van der Waals surface area contributed by atoms with E-state index in [2.05, 4.69) is 0 Å². The van der Waals surface area contributed by atoms with Crippen molar-refractivity contribution in [3.63, 3.8) is 0 Å². The number of hydrogen-bond acceptors (Lipinski definition) is 9. The molecular formula is C18H27NO8S2. The summed E-state index contributed by atoms with van der Waals surface area (Å²) in [6, 6.07) is 9.30. The maximum Gasteiger partial charge on any atom is 0.264 e. The van der Waals surface area contributed by atoms with Crippen molar-refractivity contribution in [2.24, 2.45) is 0 Å². The standard InChI is InChI=1S/C18H27NO8S2/c1-18(2)24-12-14-16(25-18)17(27-29(4,22)23)15(26-28(3,20)21)11-19(14)10-13-8-6-5-7-9-13/h5-9,14-17H,10-12H2,1-4H3/t14-,15+,16-,17-/m1/s1. The summed E-state index contributed by atoms with van der Waals surface area (Å²) >= 11 is 0. The van der Waals surface area contributed by atoms with Crippen LogP contribution in [0, 0.1) is 0 Å². The van der Waals surface area contributed by atoms with Crippen molar-refractivity contribution >= 4 is 20.2 Å². The lowest BCUT2D eigenvalue weighted by Gasteiger charge is -2.52. The Hall–Kier alpha value is -1.08. The van der Waals surface area contributed by atoms with E-state index in [0.717, 1.165) is 18.1 Å². The zero-order valence-corrected chi connectivity index (χ0v) is 18.5. The highest BCUT2D eigenvalue weighted by molar-refractivity contribution is 7.86. The van der Waals surface area contributed by atoms with Gasteiger partial charge in [0.05, 0.1) is 25.2 Å². The maximum atomic E-state index is 11.9. The van der Waals surface area contributed by atoms with E-state index in [1.54, 1.807) is 13.8 Å². The summed E-state index contributed by atoms with van der Waals surface area (Å²) < 4.78 is 69.8. The van der Waals surface area contributed by atoms with Gasteiger partial charge in [0.2, 0.25) is 0 Å². The monoisotopic (exact) mass is 449 g/mol. The zero-order chi connectivity index (χ0) is 21.4. The van der Waals surface area contributed by atoms with Gasteiger partial charge in [-0.3, -0.25) is 13.3 Å². The van der Waals surface area contributed by atoms with E-state index in [1.165, 1.54) is 0 Å². The zero-order valence-electron chi connectivity index (χ0n) is 16.8. The SMILES string of the molecule is CC1(C)OC[C@@H]2[C@@H](O1)[C@H](OS(C)(=O)=O)[C@@H](OS(C)(=O)=O)CN2Cc1ccccc1. The van der Waals surface area contributed by atoms with Crippen LogP contribution in [0.2, 0.25) is 0 Å². The Morgan fingerprint density at radius 1 is 1.07 bits per heavy atom. The summed E-state index contributed by atoms with van der Waals surface area (Å²) in [6.45, 7) is 4.33. The van der Waals surface area contributed by atoms with Crippen molar-refractivity contribution in [2.75, 3.05) is 25.7 Å². The molecule has 1 aromatic carbocycles. The molecule has 164 valence electrons. The van der Waals surface area contributed by atoms with Crippen molar-refractivity contribution in [2.45, 2.75) is 50.5 Å². The summed E-state index contributed by atoms with van der Waals surface area (Å²) in [4.78, 5) is 1.98. The van der Waals surface area contributed by atoms with Gasteiger partial charge in [0.25, 0.3) is 20.2 Å². The van der Waals surface area contributed by atoms with E-state index in [0.29, 0.717) is 6.54 Å². The molecule has 11 heteroatoms. The van der Waals surface area contributed by atoms with Gasteiger partial charge < -0.3 is 9.47 Å². The molecule has 0 unspecified atom stereocenters. The van der Waals surface area contributed by atoms with Crippen molar-refractivity contribution in [3.05, 3.63) is 35.9 Å². The number of nitrogens with zero attached hydrogens (tertiary/aromatic N) is 1. The van der Waals surface area contributed by atoms with Gasteiger partial charge in [0.15, 0.2) is 5.79 Å². The predicted octanol–water partition coefficient (Wildman–Crippen LogP) is 0.712. The molecule has 0 aliphatic carbocycles. The fraction of sp³-hybridized carbons (Fsp3) is 0.667. The molecule has 0 amide bonds. The second kappa shape index (κ2) is 8.22. The number of piperidine rings is 1. The molecule has 0 aromatic heterocycles. The summed E-state index contributed by atoms with van der Waals surface area (Å²) in [6.07, 6.45) is -1.11. The molecule has 0 bridgehead atoms. The summed E-state index contributed by atoms with van der Waals surface area (Å²) in [5.41, 5.74) is 1.01. The first-order valence-electron chi connectivity index (χ1n) is 9.19. The van der Waals surface area contributed by atoms with E-state index < -0.39 is 44.3 Å². The van der Waals surface area contributed by atoms with Gasteiger partial charge in [-0.25, -0.2) is 0 Å². The Labute approximate surface area is 172 Å². The van der Waals surface area contributed by atoms with E-state index in [1.807, 2.05) is 35.2 Å². The minimum Gasteiger partial charge on any atom is -0.349 e. The molecule has 2 fully saturated rings. The molecule has 2 aliphatic heterocycles. The number of ether oxygens (including phenoxy) is 2. The van der Waals surface area contributed by atoms with E-state index in [4.69, 9.17) is 17.8 Å². The van der Waals surface area contributed by atoms with Gasteiger partial charge in [0, 0.05) is 13.1 Å². The molecule has 0 spiro atoms. The van der Waals surface area contributed by atoms with Crippen LogP contribution in [-0.4, -0.2) is 77.5 Å². The highest BCUT2D eigenvalue weighted by atomic mass is 32.2. The lowest BCUT2D eigenvalue weighted by molar-refractivity contribution is -0.322. The summed E-state index contributed by atoms with van der Waals surface area (Å²) in [5, 5.41) is 0. The number of fused-ring (bicyclic) bond motifs is 1. The third-order valence-electron chi connectivity index (χ3n) is 4.79. The molecule has 2 heterocycles. The summed E-state index contributed by atoms with van der Waals surface area (Å²) in [7, 11) is -7.75. The molecule has 9 nitrogen and oxygen atoms in total. The van der Waals surface area contributed by atoms with E-state index in [9.17, 15) is 16.8 Å². The normalized spacial score (nSPS) is 30.6. The first-order valence-corrected chi connectivity index (χ1v) is 12.8. The Morgan fingerprint density at radius 3 is 2.28 bits per heavy atom. The Bertz CT molecular complexity index is 916. The van der Waals surface area contributed by atoms with Crippen LogP contribution in [-0.2, 0) is 44.6 Å². The molecule has 0 N–H and O–H groups in total. The third kappa shape index (κ3) is 6.20. The Morgan fingerprint density at radius 2 is 1.69 bits per heavy atom. The fourth-order valence-corrected chi connectivity index (χ4v) is 4.99. The van der Waals surface area contributed by atoms with Crippen LogP contribution in [0.15, 0.2) is 30.3 Å². The Kier molecular flexibility index (Phi) is 6.40. The van der Waals surface area contributed by atoms with Crippen molar-refractivity contribution in [1.29, 1.82) is 0 Å². The van der Waals surface area contributed by atoms with Gasteiger partial charge in [-0.1, -0.05) is 30.3 Å². The molecular weight excluding hydrogens is 422 g/mol. The van der Waals surface area contributed by atoms with Crippen molar-refractivity contribution in [1.82, 2.24) is 4.90 Å². The third-order valence-corrected chi connectivity index (χ3v) is 5.96. The van der Waals surface area contributed by atoms with Crippen LogP contribution in [0.3, 0.4) is 0 Å². The smallest absolute Gasteiger partial charge is 0.264 e. The molecule has 0 radical (unpaired) electrons. The second-order valence-electron chi connectivity index (χ2n) is 7.88. The number of rotatable bonds is 6.